The normalized spacial score (nSPS) is 10.6. The molecule has 3 heteroatoms. The van der Waals surface area contributed by atoms with E-state index in [9.17, 15) is 4.79 Å². The summed E-state index contributed by atoms with van der Waals surface area (Å²) in [6, 6.07) is 15.2. The van der Waals surface area contributed by atoms with Crippen molar-refractivity contribution in [2.75, 3.05) is 5.32 Å². The van der Waals surface area contributed by atoms with Gasteiger partial charge in [-0.2, -0.15) is 0 Å². The predicted molar refractivity (Wildman–Crippen MR) is 82.8 cm³/mol. The summed E-state index contributed by atoms with van der Waals surface area (Å²) in [5.41, 5.74) is 9.22. The highest BCUT2D eigenvalue weighted by Gasteiger charge is 2.10. The third-order valence-corrected chi connectivity index (χ3v) is 3.28. The summed E-state index contributed by atoms with van der Waals surface area (Å²) in [5, 5.41) is 2.98. The number of rotatable bonds is 4. The summed E-state index contributed by atoms with van der Waals surface area (Å²) in [6.07, 6.45) is 0. The van der Waals surface area contributed by atoms with E-state index in [4.69, 9.17) is 5.73 Å². The van der Waals surface area contributed by atoms with Crippen molar-refractivity contribution in [1.29, 1.82) is 0 Å². The molecule has 0 spiro atoms. The number of carbonyl (C=O) groups excluding carboxylic acids is 1. The van der Waals surface area contributed by atoms with E-state index in [2.05, 4.69) is 19.2 Å². The molecule has 2 aromatic rings. The van der Waals surface area contributed by atoms with Gasteiger partial charge in [0, 0.05) is 17.8 Å². The van der Waals surface area contributed by atoms with E-state index in [-0.39, 0.29) is 5.91 Å². The average molecular weight is 268 g/mol. The maximum Gasteiger partial charge on any atom is 0.255 e. The van der Waals surface area contributed by atoms with Gasteiger partial charge in [-0.25, -0.2) is 0 Å². The second-order valence-corrected chi connectivity index (χ2v) is 5.10. The van der Waals surface area contributed by atoms with Crippen LogP contribution in [-0.4, -0.2) is 5.91 Å². The van der Waals surface area contributed by atoms with Gasteiger partial charge in [0.2, 0.25) is 0 Å². The van der Waals surface area contributed by atoms with Crippen LogP contribution in [0.4, 0.5) is 5.69 Å². The topological polar surface area (TPSA) is 55.1 Å². The lowest BCUT2D eigenvalue weighted by molar-refractivity contribution is 0.102. The van der Waals surface area contributed by atoms with Crippen molar-refractivity contribution in [1.82, 2.24) is 0 Å². The molecular formula is C17H20N2O. The number of para-hydroxylation sites is 1. The zero-order valence-corrected chi connectivity index (χ0v) is 11.9. The van der Waals surface area contributed by atoms with Crippen LogP contribution in [0.25, 0.3) is 0 Å². The van der Waals surface area contributed by atoms with Crippen LogP contribution in [0.1, 0.15) is 41.3 Å². The van der Waals surface area contributed by atoms with Crippen molar-refractivity contribution in [3.63, 3.8) is 0 Å². The molecule has 0 fully saturated rings. The van der Waals surface area contributed by atoms with E-state index in [0.29, 0.717) is 18.0 Å². The molecule has 2 aromatic carbocycles. The van der Waals surface area contributed by atoms with Crippen molar-refractivity contribution < 1.29 is 4.79 Å². The molecule has 20 heavy (non-hydrogen) atoms. The number of amides is 1. The summed E-state index contributed by atoms with van der Waals surface area (Å²) < 4.78 is 0. The minimum atomic E-state index is -0.0957. The van der Waals surface area contributed by atoms with Gasteiger partial charge in [-0.15, -0.1) is 0 Å². The lowest BCUT2D eigenvalue weighted by atomic mass is 10.0. The highest BCUT2D eigenvalue weighted by Crippen LogP contribution is 2.24. The van der Waals surface area contributed by atoms with Crippen LogP contribution in [0.2, 0.25) is 0 Å². The zero-order chi connectivity index (χ0) is 14.5. The first-order chi connectivity index (χ1) is 9.61. The van der Waals surface area contributed by atoms with Crippen molar-refractivity contribution in [2.45, 2.75) is 26.3 Å². The Morgan fingerprint density at radius 3 is 2.35 bits per heavy atom. The third-order valence-electron chi connectivity index (χ3n) is 3.28. The van der Waals surface area contributed by atoms with Crippen LogP contribution < -0.4 is 11.1 Å². The van der Waals surface area contributed by atoms with Gasteiger partial charge >= 0.3 is 0 Å². The molecule has 0 bridgehead atoms. The Kier molecular flexibility index (Phi) is 4.53. The van der Waals surface area contributed by atoms with Gasteiger partial charge in [0.15, 0.2) is 0 Å². The van der Waals surface area contributed by atoms with E-state index >= 15 is 0 Å². The van der Waals surface area contributed by atoms with Crippen LogP contribution in [0.3, 0.4) is 0 Å². The Balaban J connectivity index is 2.19. The van der Waals surface area contributed by atoms with Crippen LogP contribution in [-0.2, 0) is 6.54 Å². The van der Waals surface area contributed by atoms with E-state index in [1.54, 1.807) is 12.1 Å². The van der Waals surface area contributed by atoms with Gasteiger partial charge in [0.25, 0.3) is 5.91 Å². The molecular weight excluding hydrogens is 248 g/mol. The molecule has 0 heterocycles. The number of carbonyl (C=O) groups is 1. The smallest absolute Gasteiger partial charge is 0.255 e. The lowest BCUT2D eigenvalue weighted by Crippen LogP contribution is -2.13. The molecule has 0 unspecified atom stereocenters. The highest BCUT2D eigenvalue weighted by molar-refractivity contribution is 6.04. The molecule has 0 aliphatic heterocycles. The first-order valence-corrected chi connectivity index (χ1v) is 6.81. The summed E-state index contributed by atoms with van der Waals surface area (Å²) in [7, 11) is 0. The van der Waals surface area contributed by atoms with Crippen molar-refractivity contribution in [3.8, 4) is 0 Å². The van der Waals surface area contributed by atoms with Gasteiger partial charge in [-0.3, -0.25) is 4.79 Å². The SMILES string of the molecule is CC(C)c1ccccc1NC(=O)c1ccc(CN)cc1. The summed E-state index contributed by atoms with van der Waals surface area (Å²) >= 11 is 0. The Morgan fingerprint density at radius 2 is 1.75 bits per heavy atom. The molecule has 0 aromatic heterocycles. The highest BCUT2D eigenvalue weighted by atomic mass is 16.1. The molecule has 0 aliphatic carbocycles. The number of hydrogen-bond donors (Lipinski definition) is 2. The first-order valence-electron chi connectivity index (χ1n) is 6.81. The fraction of sp³-hybridized carbons (Fsp3) is 0.235. The van der Waals surface area contributed by atoms with Gasteiger partial charge in [-0.05, 0) is 35.2 Å². The van der Waals surface area contributed by atoms with E-state index < -0.39 is 0 Å². The average Bonchev–Trinajstić information content (AvgIpc) is 2.47. The van der Waals surface area contributed by atoms with E-state index in [0.717, 1.165) is 16.8 Å². The molecule has 0 aliphatic rings. The molecule has 3 nitrogen and oxygen atoms in total. The maximum atomic E-state index is 12.2. The zero-order valence-electron chi connectivity index (χ0n) is 11.9. The quantitative estimate of drug-likeness (QED) is 0.891. The molecule has 104 valence electrons. The fourth-order valence-corrected chi connectivity index (χ4v) is 2.10. The van der Waals surface area contributed by atoms with E-state index in [1.807, 2.05) is 36.4 Å². The number of hydrogen-bond acceptors (Lipinski definition) is 2. The van der Waals surface area contributed by atoms with Gasteiger partial charge in [0.05, 0.1) is 0 Å². The van der Waals surface area contributed by atoms with Crippen LogP contribution in [0.15, 0.2) is 48.5 Å². The molecule has 1 amide bonds. The Morgan fingerprint density at radius 1 is 1.10 bits per heavy atom. The van der Waals surface area contributed by atoms with Crippen molar-refractivity contribution in [3.05, 3.63) is 65.2 Å². The maximum absolute atomic E-state index is 12.2. The van der Waals surface area contributed by atoms with Crippen LogP contribution in [0, 0.1) is 0 Å². The number of nitrogens with two attached hydrogens (primary N) is 1. The van der Waals surface area contributed by atoms with Crippen LogP contribution >= 0.6 is 0 Å². The van der Waals surface area contributed by atoms with E-state index in [1.165, 1.54) is 0 Å². The molecule has 3 N–H and O–H groups in total. The number of benzene rings is 2. The number of nitrogens with one attached hydrogen (secondary N) is 1. The summed E-state index contributed by atoms with van der Waals surface area (Å²) in [5.74, 6) is 0.271. The van der Waals surface area contributed by atoms with Gasteiger partial charge in [0.1, 0.15) is 0 Å². The largest absolute Gasteiger partial charge is 0.326 e. The minimum Gasteiger partial charge on any atom is -0.326 e. The lowest BCUT2D eigenvalue weighted by Gasteiger charge is -2.13. The summed E-state index contributed by atoms with van der Waals surface area (Å²) in [6.45, 7) is 4.71. The van der Waals surface area contributed by atoms with Gasteiger partial charge in [-0.1, -0.05) is 44.2 Å². The second kappa shape index (κ2) is 6.35. The standard InChI is InChI=1S/C17H20N2O/c1-12(2)15-5-3-4-6-16(15)19-17(20)14-9-7-13(11-18)8-10-14/h3-10,12H,11,18H2,1-2H3,(H,19,20). The predicted octanol–water partition coefficient (Wildman–Crippen LogP) is 3.52. The number of anilines is 1. The molecule has 0 saturated carbocycles. The Bertz CT molecular complexity index is 588. The molecule has 0 atom stereocenters. The fourth-order valence-electron chi connectivity index (χ4n) is 2.10. The summed E-state index contributed by atoms with van der Waals surface area (Å²) in [4.78, 5) is 12.2. The van der Waals surface area contributed by atoms with Crippen molar-refractivity contribution in [2.24, 2.45) is 5.73 Å². The van der Waals surface area contributed by atoms with Gasteiger partial charge < -0.3 is 11.1 Å². The molecule has 0 saturated heterocycles. The Labute approximate surface area is 119 Å². The second-order valence-electron chi connectivity index (χ2n) is 5.10. The molecule has 0 radical (unpaired) electrons. The first kappa shape index (κ1) is 14.3. The van der Waals surface area contributed by atoms with Crippen LogP contribution in [0.5, 0.6) is 0 Å². The molecule has 2 rings (SSSR count). The Hall–Kier alpha value is -2.13. The van der Waals surface area contributed by atoms with Crippen molar-refractivity contribution >= 4 is 11.6 Å². The third kappa shape index (κ3) is 3.25. The monoisotopic (exact) mass is 268 g/mol. The minimum absolute atomic E-state index is 0.0957.